The first kappa shape index (κ1) is 15.3. The molecular formula is C16H18N8O. The Hall–Kier alpha value is -3.23. The average Bonchev–Trinajstić information content (AvgIpc) is 3.36. The van der Waals surface area contributed by atoms with Crippen molar-refractivity contribution in [3.8, 4) is 5.82 Å². The molecule has 0 N–H and O–H groups in total. The zero-order valence-corrected chi connectivity index (χ0v) is 13.6. The lowest BCUT2D eigenvalue weighted by atomic mass is 10.3. The van der Waals surface area contributed by atoms with E-state index in [1.165, 1.54) is 6.33 Å². The van der Waals surface area contributed by atoms with Gasteiger partial charge in [0.05, 0.1) is 0 Å². The van der Waals surface area contributed by atoms with Gasteiger partial charge in [0.1, 0.15) is 37.2 Å². The predicted molar refractivity (Wildman–Crippen MR) is 90.2 cm³/mol. The third-order valence-electron chi connectivity index (χ3n) is 4.23. The summed E-state index contributed by atoms with van der Waals surface area (Å²) < 4.78 is 3.49. The summed E-state index contributed by atoms with van der Waals surface area (Å²) in [6, 6.07) is 5.88. The third kappa shape index (κ3) is 3.35. The molecule has 3 aromatic heterocycles. The van der Waals surface area contributed by atoms with Crippen LogP contribution in [0.1, 0.15) is 0 Å². The summed E-state index contributed by atoms with van der Waals surface area (Å²) in [7, 11) is 0. The highest BCUT2D eigenvalue weighted by molar-refractivity contribution is 5.76. The molecule has 0 aliphatic carbocycles. The number of amides is 1. The minimum absolute atomic E-state index is 0.0564. The summed E-state index contributed by atoms with van der Waals surface area (Å²) in [4.78, 5) is 28.9. The minimum Gasteiger partial charge on any atom is -0.353 e. The van der Waals surface area contributed by atoms with Gasteiger partial charge in [0.15, 0.2) is 0 Å². The van der Waals surface area contributed by atoms with Gasteiger partial charge in [-0.05, 0) is 12.1 Å². The van der Waals surface area contributed by atoms with Crippen LogP contribution in [0.15, 0.2) is 49.6 Å². The molecule has 0 aromatic carbocycles. The van der Waals surface area contributed by atoms with Crippen molar-refractivity contribution in [1.82, 2.24) is 34.2 Å². The summed E-state index contributed by atoms with van der Waals surface area (Å²) in [5, 5.41) is 3.98. The van der Waals surface area contributed by atoms with Gasteiger partial charge in [0.25, 0.3) is 0 Å². The van der Waals surface area contributed by atoms with E-state index in [1.54, 1.807) is 17.3 Å². The summed E-state index contributed by atoms with van der Waals surface area (Å²) in [6.45, 7) is 3.04. The van der Waals surface area contributed by atoms with Crippen molar-refractivity contribution in [2.24, 2.45) is 0 Å². The fourth-order valence-electron chi connectivity index (χ4n) is 2.88. The van der Waals surface area contributed by atoms with Gasteiger partial charge in [-0.2, -0.15) is 5.10 Å². The van der Waals surface area contributed by atoms with Gasteiger partial charge in [-0.25, -0.2) is 19.6 Å². The standard InChI is InChI=1S/C16H18N8O/c25-16(10-24-13-17-11-20-24)23-7-5-22(6-8-23)15-9-14(18-12-19-15)21-3-1-2-4-21/h1-4,9,11-13H,5-8,10H2. The molecule has 9 nitrogen and oxygen atoms in total. The second kappa shape index (κ2) is 6.71. The Balaban J connectivity index is 1.39. The molecular weight excluding hydrogens is 320 g/mol. The second-order valence-corrected chi connectivity index (χ2v) is 5.79. The Morgan fingerprint density at radius 2 is 1.76 bits per heavy atom. The molecule has 0 saturated carbocycles. The Labute approximate surface area is 144 Å². The lowest BCUT2D eigenvalue weighted by Crippen LogP contribution is -2.49. The summed E-state index contributed by atoms with van der Waals surface area (Å²) in [5.74, 6) is 1.77. The maximum atomic E-state index is 12.3. The summed E-state index contributed by atoms with van der Waals surface area (Å²) in [5.41, 5.74) is 0. The number of carbonyl (C=O) groups excluding carboxylic acids is 1. The first-order valence-electron chi connectivity index (χ1n) is 8.10. The van der Waals surface area contributed by atoms with Crippen LogP contribution in [0.5, 0.6) is 0 Å². The van der Waals surface area contributed by atoms with Gasteiger partial charge in [-0.1, -0.05) is 0 Å². The van der Waals surface area contributed by atoms with Crippen LogP contribution in [0.3, 0.4) is 0 Å². The quantitative estimate of drug-likeness (QED) is 0.676. The summed E-state index contributed by atoms with van der Waals surface area (Å²) >= 11 is 0. The fourth-order valence-corrected chi connectivity index (χ4v) is 2.88. The highest BCUT2D eigenvalue weighted by Crippen LogP contribution is 2.16. The van der Waals surface area contributed by atoms with Gasteiger partial charge in [-0.15, -0.1) is 0 Å². The molecule has 0 bridgehead atoms. The van der Waals surface area contributed by atoms with Crippen molar-refractivity contribution in [1.29, 1.82) is 0 Å². The van der Waals surface area contributed by atoms with Crippen molar-refractivity contribution in [3.63, 3.8) is 0 Å². The van der Waals surface area contributed by atoms with E-state index in [0.717, 1.165) is 24.7 Å². The normalized spacial score (nSPS) is 14.7. The van der Waals surface area contributed by atoms with Gasteiger partial charge >= 0.3 is 0 Å². The highest BCUT2D eigenvalue weighted by atomic mass is 16.2. The molecule has 9 heteroatoms. The van der Waals surface area contributed by atoms with Crippen LogP contribution in [0.4, 0.5) is 5.82 Å². The monoisotopic (exact) mass is 338 g/mol. The Kier molecular flexibility index (Phi) is 4.11. The van der Waals surface area contributed by atoms with Crippen LogP contribution in [0.25, 0.3) is 5.82 Å². The van der Waals surface area contributed by atoms with E-state index in [-0.39, 0.29) is 12.5 Å². The number of hydrogen-bond donors (Lipinski definition) is 0. The van der Waals surface area contributed by atoms with Crippen molar-refractivity contribution >= 4 is 11.7 Å². The first-order chi connectivity index (χ1) is 12.3. The number of rotatable bonds is 4. The molecule has 0 radical (unpaired) electrons. The van der Waals surface area contributed by atoms with Crippen molar-refractivity contribution in [2.75, 3.05) is 31.1 Å². The molecule has 25 heavy (non-hydrogen) atoms. The van der Waals surface area contributed by atoms with Crippen molar-refractivity contribution in [2.45, 2.75) is 6.54 Å². The molecule has 4 rings (SSSR count). The SMILES string of the molecule is O=C(Cn1cncn1)N1CCN(c2cc(-n3cccc3)ncn2)CC1. The lowest BCUT2D eigenvalue weighted by molar-refractivity contribution is -0.132. The van der Waals surface area contributed by atoms with E-state index in [2.05, 4.69) is 25.0 Å². The van der Waals surface area contributed by atoms with Gasteiger partial charge in [0.2, 0.25) is 5.91 Å². The van der Waals surface area contributed by atoms with Gasteiger partial charge < -0.3 is 14.4 Å². The summed E-state index contributed by atoms with van der Waals surface area (Å²) in [6.07, 6.45) is 8.47. The maximum Gasteiger partial charge on any atom is 0.244 e. The molecule has 1 aliphatic rings. The van der Waals surface area contributed by atoms with E-state index in [4.69, 9.17) is 0 Å². The molecule has 3 aromatic rings. The topological polar surface area (TPSA) is 85.0 Å². The van der Waals surface area contributed by atoms with E-state index in [0.29, 0.717) is 13.1 Å². The molecule has 1 amide bonds. The second-order valence-electron chi connectivity index (χ2n) is 5.79. The Morgan fingerprint density at radius 1 is 1.00 bits per heavy atom. The molecule has 0 spiro atoms. The lowest BCUT2D eigenvalue weighted by Gasteiger charge is -2.35. The molecule has 1 saturated heterocycles. The molecule has 0 unspecified atom stereocenters. The van der Waals surface area contributed by atoms with Gasteiger partial charge in [0, 0.05) is 44.6 Å². The number of piperazine rings is 1. The minimum atomic E-state index is 0.0564. The Morgan fingerprint density at radius 3 is 2.48 bits per heavy atom. The van der Waals surface area contributed by atoms with E-state index < -0.39 is 0 Å². The van der Waals surface area contributed by atoms with Crippen LogP contribution < -0.4 is 4.90 Å². The number of carbonyl (C=O) groups is 1. The van der Waals surface area contributed by atoms with Crippen molar-refractivity contribution in [3.05, 3.63) is 49.6 Å². The van der Waals surface area contributed by atoms with E-state index >= 15 is 0 Å². The zero-order chi connectivity index (χ0) is 17.1. The van der Waals surface area contributed by atoms with Crippen LogP contribution >= 0.6 is 0 Å². The Bertz CT molecular complexity index is 822. The van der Waals surface area contributed by atoms with Crippen molar-refractivity contribution < 1.29 is 4.79 Å². The first-order valence-corrected chi connectivity index (χ1v) is 8.10. The molecule has 1 aliphatic heterocycles. The van der Waals surface area contributed by atoms with Crippen LogP contribution in [0, 0.1) is 0 Å². The van der Waals surface area contributed by atoms with Crippen LogP contribution in [-0.2, 0) is 11.3 Å². The number of aromatic nitrogens is 6. The molecule has 128 valence electrons. The van der Waals surface area contributed by atoms with Crippen LogP contribution in [0.2, 0.25) is 0 Å². The largest absolute Gasteiger partial charge is 0.353 e. The van der Waals surface area contributed by atoms with Crippen LogP contribution in [-0.4, -0.2) is 66.3 Å². The molecule has 0 atom stereocenters. The average molecular weight is 338 g/mol. The molecule has 4 heterocycles. The number of anilines is 1. The van der Waals surface area contributed by atoms with E-state index in [9.17, 15) is 4.79 Å². The fraction of sp³-hybridized carbons (Fsp3) is 0.312. The highest BCUT2D eigenvalue weighted by Gasteiger charge is 2.22. The van der Waals surface area contributed by atoms with E-state index in [1.807, 2.05) is 40.1 Å². The zero-order valence-electron chi connectivity index (χ0n) is 13.6. The smallest absolute Gasteiger partial charge is 0.244 e. The molecule has 1 fully saturated rings. The predicted octanol–water partition coefficient (Wildman–Crippen LogP) is 0.208. The third-order valence-corrected chi connectivity index (χ3v) is 4.23. The maximum absolute atomic E-state index is 12.3. The van der Waals surface area contributed by atoms with Gasteiger partial charge in [-0.3, -0.25) is 4.79 Å². The number of nitrogens with zero attached hydrogens (tertiary/aromatic N) is 8. The number of hydrogen-bond acceptors (Lipinski definition) is 6.